The van der Waals surface area contributed by atoms with Crippen LogP contribution in [0.1, 0.15) is 47.1 Å². The van der Waals surface area contributed by atoms with Crippen LogP contribution in [0.3, 0.4) is 0 Å². The molecule has 0 saturated heterocycles. The monoisotopic (exact) mass is 782 g/mol. The Morgan fingerprint density at radius 1 is 0.680 bits per heavy atom. The minimum Gasteiger partial charge on any atom is -0.449 e. The molecule has 4 aromatic rings. The third-order valence-corrected chi connectivity index (χ3v) is 6.47. The molecule has 0 atom stereocenters. The van der Waals surface area contributed by atoms with Gasteiger partial charge in [0, 0.05) is 34.5 Å². The molecule has 2 aromatic heterocycles. The maximum absolute atomic E-state index is 11.7. The summed E-state index contributed by atoms with van der Waals surface area (Å²) in [4.78, 5) is 31.0. The quantitative estimate of drug-likeness (QED) is 0.193. The van der Waals surface area contributed by atoms with E-state index in [-0.39, 0.29) is 57.5 Å². The zero-order valence-electron chi connectivity index (χ0n) is 29.7. The van der Waals surface area contributed by atoms with Gasteiger partial charge < -0.3 is 33.1 Å². The van der Waals surface area contributed by atoms with Crippen molar-refractivity contribution in [3.05, 3.63) is 107 Å². The Bertz CT molecular complexity index is 1560. The van der Waals surface area contributed by atoms with Crippen LogP contribution in [0.4, 0.5) is 22.5 Å². The Hall–Kier alpha value is -2.75. The van der Waals surface area contributed by atoms with Crippen LogP contribution in [0, 0.1) is 0 Å². The van der Waals surface area contributed by atoms with Crippen molar-refractivity contribution in [3.8, 4) is 22.5 Å². The Morgan fingerprint density at radius 2 is 1.10 bits per heavy atom. The molecule has 0 aliphatic heterocycles. The molecule has 0 saturated carbocycles. The fourth-order valence-corrected chi connectivity index (χ4v) is 4.07. The van der Waals surface area contributed by atoms with Gasteiger partial charge >= 0.3 is 70.5 Å². The Balaban J connectivity index is 0.000000390. The molecule has 0 radical (unpaired) electrons. The number of nitrogens with one attached hydrogen (secondary N) is 2. The number of aromatic nitrogens is 2. The van der Waals surface area contributed by atoms with Crippen LogP contribution >= 0.6 is 15.9 Å². The Kier molecular flexibility index (Phi) is 20.1. The molecular weight excluding hydrogens is 739 g/mol. The van der Waals surface area contributed by atoms with Gasteiger partial charge in [0.15, 0.2) is 0 Å². The second-order valence-corrected chi connectivity index (χ2v) is 13.7. The fraction of sp³-hybridized carbons (Fsp3) is 0.333. The summed E-state index contributed by atoms with van der Waals surface area (Å²) in [6.45, 7) is 5.75. The first-order valence-corrected chi connectivity index (χ1v) is 16.5. The Morgan fingerprint density at radius 3 is 1.48 bits per heavy atom. The predicted molar refractivity (Wildman–Crippen MR) is 193 cm³/mol. The van der Waals surface area contributed by atoms with E-state index in [2.05, 4.69) is 43.3 Å². The first-order valence-electron chi connectivity index (χ1n) is 15.7. The van der Waals surface area contributed by atoms with E-state index in [0.29, 0.717) is 6.54 Å². The number of ether oxygens (including phenoxy) is 2. The summed E-state index contributed by atoms with van der Waals surface area (Å²) in [5.41, 5.74) is 4.21. The van der Waals surface area contributed by atoms with Crippen molar-refractivity contribution >= 4 is 35.1 Å². The van der Waals surface area contributed by atoms with Crippen molar-refractivity contribution < 1.29 is 83.4 Å². The van der Waals surface area contributed by atoms with E-state index in [1.807, 2.05) is 98.9 Å². The minimum absolute atomic E-state index is 0. The SMILES string of the molecule is Brc1ccc(-c2ccccn2)cc1.CC(C)(C)OC(=O)NCC[B-](F)(F)F.CC(C)(C)OC(=O)NCCc1ccc(-c2ccccn2)cc1.[K+]. The number of benzene rings is 2. The number of hydrogen-bond donors (Lipinski definition) is 2. The van der Waals surface area contributed by atoms with Crippen molar-refractivity contribution in [1.82, 2.24) is 20.6 Å². The molecule has 14 heteroatoms. The van der Waals surface area contributed by atoms with Gasteiger partial charge in [0.2, 0.25) is 0 Å². The second kappa shape index (κ2) is 22.2. The molecule has 0 aliphatic carbocycles. The molecule has 2 amide bonds. The zero-order valence-corrected chi connectivity index (χ0v) is 34.4. The smallest absolute Gasteiger partial charge is 0.449 e. The summed E-state index contributed by atoms with van der Waals surface area (Å²) < 4.78 is 46.2. The molecule has 2 N–H and O–H groups in total. The molecule has 0 spiro atoms. The molecule has 0 fully saturated rings. The molecule has 2 heterocycles. The van der Waals surface area contributed by atoms with Crippen molar-refractivity contribution in [2.45, 2.75) is 65.5 Å². The third-order valence-electron chi connectivity index (χ3n) is 5.94. The standard InChI is InChI=1S/C18H22N2O2.C11H8BrN.C7H14BF3NO2.K/c1-18(2,3)22-17(21)20-13-11-14-7-9-15(10-8-14)16-6-4-5-12-19-16;12-10-6-4-9(5-7-10)11-3-1-2-8-13-11;1-7(2,3)14-6(13)12-5-4-8(9,10)11;/h4-10,12H,11,13H2,1-3H3,(H,20,21);1-8H;4-5H2,1-3H3,(H,12,13);/q;;-1;+1. The summed E-state index contributed by atoms with van der Waals surface area (Å²) in [7, 11) is 0. The summed E-state index contributed by atoms with van der Waals surface area (Å²) in [6, 6.07) is 28.1. The van der Waals surface area contributed by atoms with Crippen molar-refractivity contribution in [3.63, 3.8) is 0 Å². The van der Waals surface area contributed by atoms with Crippen LogP contribution in [-0.2, 0) is 15.9 Å². The van der Waals surface area contributed by atoms with E-state index in [1.54, 1.807) is 33.2 Å². The van der Waals surface area contributed by atoms with Gasteiger partial charge in [-0.3, -0.25) is 9.97 Å². The number of alkyl carbamates (subject to hydrolysis) is 2. The van der Waals surface area contributed by atoms with Crippen LogP contribution in [0.25, 0.3) is 22.5 Å². The van der Waals surface area contributed by atoms with E-state index in [1.165, 1.54) is 0 Å². The second-order valence-electron chi connectivity index (χ2n) is 12.7. The van der Waals surface area contributed by atoms with Crippen molar-refractivity contribution in [1.29, 1.82) is 0 Å². The third kappa shape index (κ3) is 21.5. The molecule has 264 valence electrons. The number of carbonyl (C=O) groups excluding carboxylic acids is 2. The molecule has 8 nitrogen and oxygen atoms in total. The molecular formula is C36H44BBrF3KN4O4. The van der Waals surface area contributed by atoms with E-state index in [0.717, 1.165) is 39.0 Å². The van der Waals surface area contributed by atoms with Crippen molar-refractivity contribution in [2.75, 3.05) is 13.1 Å². The summed E-state index contributed by atoms with van der Waals surface area (Å²) in [6.07, 6.45) is 2.17. The van der Waals surface area contributed by atoms with Gasteiger partial charge in [0.05, 0.1) is 11.4 Å². The average molecular weight is 784 g/mol. The van der Waals surface area contributed by atoms with Crippen LogP contribution in [0.15, 0.2) is 102 Å². The number of halogens is 4. The number of carbonyl (C=O) groups is 2. The average Bonchev–Trinajstić information content (AvgIpc) is 3.01. The summed E-state index contributed by atoms with van der Waals surface area (Å²) >= 11 is 3.40. The minimum atomic E-state index is -4.84. The molecule has 0 aliphatic rings. The number of amides is 2. The van der Waals surface area contributed by atoms with Crippen LogP contribution < -0.4 is 62.0 Å². The molecule has 50 heavy (non-hydrogen) atoms. The van der Waals surface area contributed by atoms with Crippen molar-refractivity contribution in [2.24, 2.45) is 0 Å². The number of nitrogens with zero attached hydrogens (tertiary/aromatic N) is 2. The first kappa shape index (κ1) is 45.3. The number of hydrogen-bond acceptors (Lipinski definition) is 6. The van der Waals surface area contributed by atoms with Gasteiger partial charge in [0.1, 0.15) is 11.2 Å². The fourth-order valence-electron chi connectivity index (χ4n) is 3.81. The van der Waals surface area contributed by atoms with Gasteiger partial charge in [-0.1, -0.05) is 70.8 Å². The maximum Gasteiger partial charge on any atom is 1.00 e. The van der Waals surface area contributed by atoms with E-state index < -0.39 is 37.1 Å². The molecule has 2 aromatic carbocycles. The normalized spacial score (nSPS) is 10.9. The van der Waals surface area contributed by atoms with E-state index in [4.69, 9.17) is 9.47 Å². The van der Waals surface area contributed by atoms with Crippen LogP contribution in [0.5, 0.6) is 0 Å². The van der Waals surface area contributed by atoms with E-state index in [9.17, 15) is 22.5 Å². The summed E-state index contributed by atoms with van der Waals surface area (Å²) in [5, 5.41) is 4.79. The van der Waals surface area contributed by atoms with E-state index >= 15 is 0 Å². The topological polar surface area (TPSA) is 102 Å². The van der Waals surface area contributed by atoms with Gasteiger partial charge in [-0.2, -0.15) is 0 Å². The summed E-state index contributed by atoms with van der Waals surface area (Å²) in [5.74, 6) is 0. The molecule has 4 rings (SSSR count). The largest absolute Gasteiger partial charge is 1.00 e. The maximum atomic E-state index is 11.7. The number of rotatable bonds is 8. The van der Waals surface area contributed by atoms with Gasteiger partial charge in [0.25, 0.3) is 0 Å². The predicted octanol–water partition coefficient (Wildman–Crippen LogP) is 6.69. The van der Waals surface area contributed by atoms with Crippen LogP contribution in [0.2, 0.25) is 6.32 Å². The van der Waals surface area contributed by atoms with Gasteiger partial charge in [-0.05, 0) is 96.5 Å². The zero-order chi connectivity index (χ0) is 36.5. The number of pyridine rings is 2. The van der Waals surface area contributed by atoms with Crippen LogP contribution in [-0.4, -0.2) is 53.4 Å². The van der Waals surface area contributed by atoms with Gasteiger partial charge in [-0.25, -0.2) is 9.59 Å². The molecule has 0 unspecified atom stereocenters. The first-order chi connectivity index (χ1) is 22.9. The molecule has 0 bridgehead atoms. The Labute approximate surface area is 344 Å². The van der Waals surface area contributed by atoms with Gasteiger partial charge in [-0.15, -0.1) is 0 Å².